The zero-order valence-electron chi connectivity index (χ0n) is 9.99. The van der Waals surface area contributed by atoms with Gasteiger partial charge in [0.2, 0.25) is 0 Å². The Bertz CT molecular complexity index is 230. The molecule has 0 saturated heterocycles. The number of nitrogen functional groups attached to an aromatic ring is 1. The van der Waals surface area contributed by atoms with Crippen LogP contribution in [0.1, 0.15) is 31.1 Å². The number of ether oxygens (including phenoxy) is 1. The van der Waals surface area contributed by atoms with Gasteiger partial charge < -0.3 is 10.5 Å². The predicted molar refractivity (Wildman–Crippen MR) is 65.1 cm³/mol. The van der Waals surface area contributed by atoms with Crippen molar-refractivity contribution in [1.29, 1.82) is 0 Å². The molecular formula is C12H21NO2. The van der Waals surface area contributed by atoms with E-state index >= 15 is 0 Å². The molecule has 0 aromatic heterocycles. The summed E-state index contributed by atoms with van der Waals surface area (Å²) in [5.41, 5.74) is 6.70. The summed E-state index contributed by atoms with van der Waals surface area (Å²) in [4.78, 5) is 10.1. The van der Waals surface area contributed by atoms with Crippen molar-refractivity contribution >= 4 is 12.0 Å². The van der Waals surface area contributed by atoms with Gasteiger partial charge >= 0.3 is 0 Å². The Kier molecular flexibility index (Phi) is 13.6. The summed E-state index contributed by atoms with van der Waals surface area (Å²) in [6.45, 7) is 6.78. The van der Waals surface area contributed by atoms with Crippen molar-refractivity contribution in [3.8, 4) is 0 Å². The molecule has 0 spiro atoms. The second kappa shape index (κ2) is 12.7. The number of benzene rings is 1. The zero-order chi connectivity index (χ0) is 12.1. The molecule has 3 nitrogen and oxygen atoms in total. The number of anilines is 1. The number of carbonyl (C=O) groups excluding carboxylic acids is 1. The fourth-order valence-electron chi connectivity index (χ4n) is 0.575. The Labute approximate surface area is 92.2 Å². The van der Waals surface area contributed by atoms with Gasteiger partial charge in [0.25, 0.3) is 0 Å². The first-order chi connectivity index (χ1) is 7.24. The standard InChI is InChI=1S/C7H7NO.C3H8O.C2H6/c8-7-3-1-6(5-9)2-4-7;1-3-4-2;1-2/h1-5H,8H2;3H2,1-2H3;1-2H3. The Morgan fingerprint density at radius 1 is 1.27 bits per heavy atom. The number of hydrogen-bond acceptors (Lipinski definition) is 3. The van der Waals surface area contributed by atoms with Crippen LogP contribution in [0.4, 0.5) is 5.69 Å². The second-order valence-electron chi connectivity index (χ2n) is 2.36. The van der Waals surface area contributed by atoms with E-state index in [-0.39, 0.29) is 0 Å². The van der Waals surface area contributed by atoms with Crippen LogP contribution in [0.5, 0.6) is 0 Å². The van der Waals surface area contributed by atoms with Gasteiger partial charge in [-0.15, -0.1) is 0 Å². The third-order valence-electron chi connectivity index (χ3n) is 1.36. The fraction of sp³-hybridized carbons (Fsp3) is 0.417. The summed E-state index contributed by atoms with van der Waals surface area (Å²) in [7, 11) is 1.68. The van der Waals surface area contributed by atoms with Gasteiger partial charge in [-0.25, -0.2) is 0 Å². The Morgan fingerprint density at radius 3 is 1.93 bits per heavy atom. The highest BCUT2D eigenvalue weighted by molar-refractivity contribution is 5.75. The Morgan fingerprint density at radius 2 is 1.67 bits per heavy atom. The number of rotatable bonds is 2. The largest absolute Gasteiger partial charge is 0.399 e. The van der Waals surface area contributed by atoms with E-state index in [1.165, 1.54) is 0 Å². The van der Waals surface area contributed by atoms with Gasteiger partial charge in [-0.3, -0.25) is 4.79 Å². The fourth-order valence-corrected chi connectivity index (χ4v) is 0.575. The number of nitrogens with two attached hydrogens (primary N) is 1. The first-order valence-electron chi connectivity index (χ1n) is 5.04. The highest BCUT2D eigenvalue weighted by Gasteiger charge is 1.85. The van der Waals surface area contributed by atoms with Crippen molar-refractivity contribution in [2.24, 2.45) is 0 Å². The topological polar surface area (TPSA) is 52.3 Å². The minimum Gasteiger partial charge on any atom is -0.399 e. The molecule has 0 aliphatic carbocycles. The van der Waals surface area contributed by atoms with E-state index in [0.29, 0.717) is 11.3 Å². The number of carbonyl (C=O) groups is 1. The molecule has 2 N–H and O–H groups in total. The second-order valence-corrected chi connectivity index (χ2v) is 2.36. The van der Waals surface area contributed by atoms with Gasteiger partial charge in [0, 0.05) is 25.0 Å². The SMILES string of the molecule is CC.CCOC.Nc1ccc(C=O)cc1. The normalized spacial score (nSPS) is 7.73. The molecule has 0 saturated carbocycles. The molecule has 1 aromatic rings. The number of hydrogen-bond donors (Lipinski definition) is 1. The van der Waals surface area contributed by atoms with Crippen LogP contribution in [-0.2, 0) is 4.74 Å². The lowest BCUT2D eigenvalue weighted by molar-refractivity contribution is 0.112. The lowest BCUT2D eigenvalue weighted by Crippen LogP contribution is -1.84. The highest BCUT2D eigenvalue weighted by atomic mass is 16.5. The molecule has 15 heavy (non-hydrogen) atoms. The smallest absolute Gasteiger partial charge is 0.150 e. The van der Waals surface area contributed by atoms with Crippen LogP contribution in [0, 0.1) is 0 Å². The van der Waals surface area contributed by atoms with E-state index in [1.807, 2.05) is 20.8 Å². The van der Waals surface area contributed by atoms with Crippen molar-refractivity contribution in [3.63, 3.8) is 0 Å². The minimum atomic E-state index is 0.657. The van der Waals surface area contributed by atoms with Crippen LogP contribution >= 0.6 is 0 Å². The van der Waals surface area contributed by atoms with Gasteiger partial charge in [0.15, 0.2) is 0 Å². The maximum absolute atomic E-state index is 10.1. The lowest BCUT2D eigenvalue weighted by Gasteiger charge is -1.89. The molecule has 0 aliphatic heterocycles. The summed E-state index contributed by atoms with van der Waals surface area (Å²) < 4.78 is 4.54. The van der Waals surface area contributed by atoms with E-state index in [0.717, 1.165) is 12.9 Å². The Balaban J connectivity index is 0. The van der Waals surface area contributed by atoms with Crippen molar-refractivity contribution in [2.75, 3.05) is 19.5 Å². The minimum absolute atomic E-state index is 0.657. The van der Waals surface area contributed by atoms with E-state index in [1.54, 1.807) is 31.4 Å². The molecule has 1 aromatic carbocycles. The van der Waals surface area contributed by atoms with Crippen LogP contribution in [0.3, 0.4) is 0 Å². The molecule has 0 heterocycles. The monoisotopic (exact) mass is 211 g/mol. The van der Waals surface area contributed by atoms with E-state index < -0.39 is 0 Å². The van der Waals surface area contributed by atoms with E-state index in [9.17, 15) is 4.79 Å². The summed E-state index contributed by atoms with van der Waals surface area (Å²) in [6, 6.07) is 6.76. The summed E-state index contributed by atoms with van der Waals surface area (Å²) >= 11 is 0. The summed E-state index contributed by atoms with van der Waals surface area (Å²) in [5.74, 6) is 0. The molecule has 3 heteroatoms. The quantitative estimate of drug-likeness (QED) is 0.604. The van der Waals surface area contributed by atoms with E-state index in [2.05, 4.69) is 4.74 Å². The zero-order valence-corrected chi connectivity index (χ0v) is 9.99. The lowest BCUT2D eigenvalue weighted by atomic mass is 10.2. The van der Waals surface area contributed by atoms with Crippen molar-refractivity contribution in [3.05, 3.63) is 29.8 Å². The van der Waals surface area contributed by atoms with E-state index in [4.69, 9.17) is 5.73 Å². The first kappa shape index (κ1) is 16.1. The van der Waals surface area contributed by atoms with Gasteiger partial charge in [-0.2, -0.15) is 0 Å². The van der Waals surface area contributed by atoms with Gasteiger partial charge in [-0.05, 0) is 31.2 Å². The molecule has 0 amide bonds. The van der Waals surface area contributed by atoms with Crippen molar-refractivity contribution < 1.29 is 9.53 Å². The molecule has 1 rings (SSSR count). The number of methoxy groups -OCH3 is 1. The molecule has 0 fully saturated rings. The number of aldehydes is 1. The molecule has 0 bridgehead atoms. The molecule has 0 radical (unpaired) electrons. The van der Waals surface area contributed by atoms with Crippen LogP contribution in [0.2, 0.25) is 0 Å². The third kappa shape index (κ3) is 10.6. The predicted octanol–water partition coefficient (Wildman–Crippen LogP) is 2.76. The van der Waals surface area contributed by atoms with Gasteiger partial charge in [0.1, 0.15) is 6.29 Å². The highest BCUT2D eigenvalue weighted by Crippen LogP contribution is 2.01. The molecule has 0 atom stereocenters. The average Bonchev–Trinajstić information content (AvgIpc) is 2.33. The van der Waals surface area contributed by atoms with Crippen LogP contribution < -0.4 is 5.73 Å². The molecule has 86 valence electrons. The van der Waals surface area contributed by atoms with Crippen LogP contribution in [-0.4, -0.2) is 20.0 Å². The maximum atomic E-state index is 10.1. The van der Waals surface area contributed by atoms with Gasteiger partial charge in [-0.1, -0.05) is 13.8 Å². The summed E-state index contributed by atoms with van der Waals surface area (Å²) in [5, 5.41) is 0. The van der Waals surface area contributed by atoms with Gasteiger partial charge in [0.05, 0.1) is 0 Å². The molecule has 0 aliphatic rings. The molecular weight excluding hydrogens is 190 g/mol. The van der Waals surface area contributed by atoms with Crippen LogP contribution in [0.15, 0.2) is 24.3 Å². The summed E-state index contributed by atoms with van der Waals surface area (Å²) in [6.07, 6.45) is 0.791. The molecule has 0 unspecified atom stereocenters. The Hall–Kier alpha value is -1.35. The van der Waals surface area contributed by atoms with Crippen molar-refractivity contribution in [1.82, 2.24) is 0 Å². The third-order valence-corrected chi connectivity index (χ3v) is 1.36. The first-order valence-corrected chi connectivity index (χ1v) is 5.04. The average molecular weight is 211 g/mol. The van der Waals surface area contributed by atoms with Crippen molar-refractivity contribution in [2.45, 2.75) is 20.8 Å². The maximum Gasteiger partial charge on any atom is 0.150 e. The van der Waals surface area contributed by atoms with Crippen LogP contribution in [0.25, 0.3) is 0 Å².